The number of carboxylic acid groups (broad SMARTS) is 1. The standard InChI is InChI=1S/C10H16N4O4/c1-8(14-7-11-6-12-14)10(17)13(3-4-18-2)5-9(15)16/h6-8H,3-5H2,1-2H3,(H,15,16). The van der Waals surface area contributed by atoms with Crippen molar-refractivity contribution < 1.29 is 19.4 Å². The van der Waals surface area contributed by atoms with E-state index in [2.05, 4.69) is 10.1 Å². The SMILES string of the molecule is COCCN(CC(=O)O)C(=O)C(C)n1cncn1. The van der Waals surface area contributed by atoms with Gasteiger partial charge < -0.3 is 14.7 Å². The Labute approximate surface area is 104 Å². The minimum atomic E-state index is -1.06. The number of hydrogen-bond acceptors (Lipinski definition) is 5. The lowest BCUT2D eigenvalue weighted by molar-refractivity contribution is -0.146. The number of carbonyl (C=O) groups is 2. The second-order valence-corrected chi connectivity index (χ2v) is 3.70. The summed E-state index contributed by atoms with van der Waals surface area (Å²) in [5, 5.41) is 12.6. The van der Waals surface area contributed by atoms with Gasteiger partial charge in [0.2, 0.25) is 5.91 Å². The van der Waals surface area contributed by atoms with Gasteiger partial charge in [0.05, 0.1) is 6.61 Å². The van der Waals surface area contributed by atoms with Gasteiger partial charge in [0.15, 0.2) is 0 Å². The number of ether oxygens (including phenoxy) is 1. The van der Waals surface area contributed by atoms with Crippen LogP contribution in [0.2, 0.25) is 0 Å². The lowest BCUT2D eigenvalue weighted by atomic mass is 10.3. The molecule has 0 saturated heterocycles. The Hall–Kier alpha value is -1.96. The molecule has 8 heteroatoms. The number of amides is 1. The molecule has 8 nitrogen and oxygen atoms in total. The van der Waals surface area contributed by atoms with Crippen LogP contribution in [0.4, 0.5) is 0 Å². The number of carbonyl (C=O) groups excluding carboxylic acids is 1. The van der Waals surface area contributed by atoms with Crippen LogP contribution in [0, 0.1) is 0 Å². The van der Waals surface area contributed by atoms with E-state index in [0.717, 1.165) is 0 Å². The Morgan fingerprint density at radius 2 is 2.28 bits per heavy atom. The third-order valence-electron chi connectivity index (χ3n) is 2.39. The van der Waals surface area contributed by atoms with Crippen LogP contribution in [0.5, 0.6) is 0 Å². The molecule has 1 aromatic heterocycles. The smallest absolute Gasteiger partial charge is 0.323 e. The molecule has 0 aromatic carbocycles. The van der Waals surface area contributed by atoms with E-state index in [1.54, 1.807) is 6.92 Å². The molecule has 1 unspecified atom stereocenters. The fraction of sp³-hybridized carbons (Fsp3) is 0.600. The first kappa shape index (κ1) is 14.1. The molecule has 1 N–H and O–H groups in total. The molecular formula is C10H16N4O4. The second kappa shape index (κ2) is 6.70. The fourth-order valence-electron chi connectivity index (χ4n) is 1.43. The van der Waals surface area contributed by atoms with Crippen LogP contribution in [0.15, 0.2) is 12.7 Å². The van der Waals surface area contributed by atoms with Crippen LogP contribution >= 0.6 is 0 Å². The van der Waals surface area contributed by atoms with Crippen molar-refractivity contribution in [1.29, 1.82) is 0 Å². The first-order chi connectivity index (χ1) is 8.56. The summed E-state index contributed by atoms with van der Waals surface area (Å²) in [6.07, 6.45) is 2.73. The first-order valence-corrected chi connectivity index (χ1v) is 5.40. The summed E-state index contributed by atoms with van der Waals surface area (Å²) in [5.74, 6) is -1.40. The van der Waals surface area contributed by atoms with Crippen molar-refractivity contribution in [3.63, 3.8) is 0 Å². The van der Waals surface area contributed by atoms with Gasteiger partial charge in [0.25, 0.3) is 0 Å². The maximum absolute atomic E-state index is 12.1. The zero-order chi connectivity index (χ0) is 13.5. The zero-order valence-corrected chi connectivity index (χ0v) is 10.3. The molecule has 0 radical (unpaired) electrons. The van der Waals surface area contributed by atoms with Gasteiger partial charge in [-0.1, -0.05) is 0 Å². The number of nitrogens with zero attached hydrogens (tertiary/aromatic N) is 4. The maximum Gasteiger partial charge on any atom is 0.323 e. The first-order valence-electron chi connectivity index (χ1n) is 5.40. The summed E-state index contributed by atoms with van der Waals surface area (Å²) in [4.78, 5) is 27.8. The van der Waals surface area contributed by atoms with Gasteiger partial charge in [-0.15, -0.1) is 0 Å². The van der Waals surface area contributed by atoms with Gasteiger partial charge in [-0.3, -0.25) is 9.59 Å². The lowest BCUT2D eigenvalue weighted by Crippen LogP contribution is -2.41. The van der Waals surface area contributed by atoms with E-state index in [1.807, 2.05) is 0 Å². The lowest BCUT2D eigenvalue weighted by Gasteiger charge is -2.23. The quantitative estimate of drug-likeness (QED) is 0.699. The maximum atomic E-state index is 12.1. The van der Waals surface area contributed by atoms with Crippen LogP contribution in [0.1, 0.15) is 13.0 Å². The third kappa shape index (κ3) is 3.81. The number of methoxy groups -OCH3 is 1. The summed E-state index contributed by atoms with van der Waals surface area (Å²) in [6, 6.07) is -0.594. The average Bonchev–Trinajstić information content (AvgIpc) is 2.85. The largest absolute Gasteiger partial charge is 0.480 e. The van der Waals surface area contributed by atoms with Crippen molar-refractivity contribution in [3.05, 3.63) is 12.7 Å². The van der Waals surface area contributed by atoms with E-state index in [4.69, 9.17) is 9.84 Å². The molecule has 0 fully saturated rings. The van der Waals surface area contributed by atoms with E-state index >= 15 is 0 Å². The summed E-state index contributed by atoms with van der Waals surface area (Å²) in [6.45, 7) is 1.78. The molecule has 0 saturated carbocycles. The highest BCUT2D eigenvalue weighted by molar-refractivity contribution is 5.83. The number of aliphatic carboxylic acids is 1. The number of hydrogen-bond donors (Lipinski definition) is 1. The molecule has 1 aromatic rings. The van der Waals surface area contributed by atoms with E-state index in [-0.39, 0.29) is 25.6 Å². The van der Waals surface area contributed by atoms with E-state index in [1.165, 1.54) is 29.3 Å². The summed E-state index contributed by atoms with van der Waals surface area (Å²) < 4.78 is 6.23. The summed E-state index contributed by atoms with van der Waals surface area (Å²) in [7, 11) is 1.49. The normalized spacial score (nSPS) is 12.1. The van der Waals surface area contributed by atoms with Gasteiger partial charge in [-0.05, 0) is 6.92 Å². The molecule has 18 heavy (non-hydrogen) atoms. The van der Waals surface area contributed by atoms with Gasteiger partial charge >= 0.3 is 5.97 Å². The molecule has 0 aliphatic rings. The molecule has 0 aliphatic heterocycles. The number of carboxylic acids is 1. The topological polar surface area (TPSA) is 97.6 Å². The van der Waals surface area contributed by atoms with Crippen molar-refractivity contribution in [1.82, 2.24) is 19.7 Å². The number of rotatable bonds is 7. The van der Waals surface area contributed by atoms with Gasteiger partial charge in [0.1, 0.15) is 25.2 Å². The molecule has 0 spiro atoms. The second-order valence-electron chi connectivity index (χ2n) is 3.70. The monoisotopic (exact) mass is 256 g/mol. The van der Waals surface area contributed by atoms with Crippen LogP contribution in [0.3, 0.4) is 0 Å². The molecule has 1 heterocycles. The fourth-order valence-corrected chi connectivity index (χ4v) is 1.43. The Balaban J connectivity index is 2.71. The highest BCUT2D eigenvalue weighted by Crippen LogP contribution is 2.07. The van der Waals surface area contributed by atoms with Crippen molar-refractivity contribution in [2.24, 2.45) is 0 Å². The zero-order valence-electron chi connectivity index (χ0n) is 10.3. The van der Waals surface area contributed by atoms with Crippen molar-refractivity contribution >= 4 is 11.9 Å². The van der Waals surface area contributed by atoms with E-state index < -0.39 is 12.0 Å². The number of aromatic nitrogens is 3. The summed E-state index contributed by atoms with van der Waals surface area (Å²) >= 11 is 0. The summed E-state index contributed by atoms with van der Waals surface area (Å²) in [5.41, 5.74) is 0. The Morgan fingerprint density at radius 3 is 2.78 bits per heavy atom. The van der Waals surface area contributed by atoms with Crippen molar-refractivity contribution in [2.45, 2.75) is 13.0 Å². The Kier molecular flexibility index (Phi) is 5.25. The van der Waals surface area contributed by atoms with Gasteiger partial charge in [-0.25, -0.2) is 9.67 Å². The minimum Gasteiger partial charge on any atom is -0.480 e. The Bertz CT molecular complexity index is 393. The predicted octanol–water partition coefficient (Wildman–Crippen LogP) is -0.601. The van der Waals surface area contributed by atoms with Gasteiger partial charge in [-0.2, -0.15) is 5.10 Å². The highest BCUT2D eigenvalue weighted by Gasteiger charge is 2.23. The Morgan fingerprint density at radius 1 is 1.56 bits per heavy atom. The molecule has 0 aliphatic carbocycles. The van der Waals surface area contributed by atoms with Crippen LogP contribution in [-0.4, -0.2) is 63.5 Å². The predicted molar refractivity (Wildman–Crippen MR) is 60.8 cm³/mol. The molecule has 1 atom stereocenters. The van der Waals surface area contributed by atoms with Crippen molar-refractivity contribution in [2.75, 3.05) is 26.8 Å². The van der Waals surface area contributed by atoms with Crippen molar-refractivity contribution in [3.8, 4) is 0 Å². The molecule has 1 rings (SSSR count). The average molecular weight is 256 g/mol. The highest BCUT2D eigenvalue weighted by atomic mass is 16.5. The molecule has 100 valence electrons. The van der Waals surface area contributed by atoms with Crippen LogP contribution < -0.4 is 0 Å². The van der Waals surface area contributed by atoms with Crippen LogP contribution in [-0.2, 0) is 14.3 Å². The minimum absolute atomic E-state index is 0.223. The third-order valence-corrected chi connectivity index (χ3v) is 2.39. The molecule has 0 bridgehead atoms. The van der Waals surface area contributed by atoms with E-state index in [0.29, 0.717) is 0 Å². The van der Waals surface area contributed by atoms with E-state index in [9.17, 15) is 9.59 Å². The van der Waals surface area contributed by atoms with Gasteiger partial charge in [0, 0.05) is 13.7 Å². The molecule has 1 amide bonds. The van der Waals surface area contributed by atoms with Crippen LogP contribution in [0.25, 0.3) is 0 Å². The molecular weight excluding hydrogens is 240 g/mol.